The molecule has 1 aromatic carbocycles. The number of nitrogens with zero attached hydrogens (tertiary/aromatic N) is 2. The summed E-state index contributed by atoms with van der Waals surface area (Å²) in [6, 6.07) is 12.6. The number of carbonyl (C=O) groups is 2. The van der Waals surface area contributed by atoms with Gasteiger partial charge in [-0.05, 0) is 12.1 Å². The number of pyridine rings is 1. The van der Waals surface area contributed by atoms with Gasteiger partial charge in [0, 0.05) is 36.6 Å². The Balaban J connectivity index is 1.54. The third-order valence-corrected chi connectivity index (χ3v) is 3.45. The number of hydrogen-bond acceptors (Lipinski definition) is 5. The predicted molar refractivity (Wildman–Crippen MR) is 91.8 cm³/mol. The van der Waals surface area contributed by atoms with Gasteiger partial charge in [0.05, 0.1) is 6.20 Å². The van der Waals surface area contributed by atoms with E-state index in [0.717, 1.165) is 5.56 Å². The molecular weight excluding hydrogens is 320 g/mol. The second kappa shape index (κ2) is 7.87. The third kappa shape index (κ3) is 4.29. The number of carbonyl (C=O) groups excluding carboxylic acids is 2. The second-order valence-corrected chi connectivity index (χ2v) is 5.22. The van der Waals surface area contributed by atoms with E-state index in [0.29, 0.717) is 17.0 Å². The van der Waals surface area contributed by atoms with Crippen LogP contribution in [0.1, 0.15) is 16.8 Å². The molecule has 7 heteroatoms. The zero-order valence-corrected chi connectivity index (χ0v) is 13.3. The lowest BCUT2D eigenvalue weighted by Crippen LogP contribution is -2.27. The molecule has 2 amide bonds. The van der Waals surface area contributed by atoms with Gasteiger partial charge in [0.25, 0.3) is 5.91 Å². The van der Waals surface area contributed by atoms with Crippen molar-refractivity contribution in [3.05, 3.63) is 66.6 Å². The molecular formula is C18H16N4O3. The van der Waals surface area contributed by atoms with Crippen molar-refractivity contribution in [2.45, 2.75) is 6.42 Å². The van der Waals surface area contributed by atoms with Gasteiger partial charge < -0.3 is 15.2 Å². The van der Waals surface area contributed by atoms with E-state index in [4.69, 9.17) is 4.52 Å². The minimum absolute atomic E-state index is 0.153. The van der Waals surface area contributed by atoms with Crippen LogP contribution < -0.4 is 10.6 Å². The first kappa shape index (κ1) is 16.4. The maximum atomic E-state index is 12.3. The highest BCUT2D eigenvalue weighted by Crippen LogP contribution is 2.22. The van der Waals surface area contributed by atoms with Gasteiger partial charge in [0.2, 0.25) is 5.91 Å². The van der Waals surface area contributed by atoms with Crippen molar-refractivity contribution >= 4 is 17.5 Å². The van der Waals surface area contributed by atoms with E-state index in [2.05, 4.69) is 20.8 Å². The maximum absolute atomic E-state index is 12.3. The van der Waals surface area contributed by atoms with Gasteiger partial charge >= 0.3 is 0 Å². The molecule has 126 valence electrons. The van der Waals surface area contributed by atoms with Crippen molar-refractivity contribution in [3.63, 3.8) is 0 Å². The Morgan fingerprint density at radius 1 is 1.04 bits per heavy atom. The van der Waals surface area contributed by atoms with E-state index in [1.807, 2.05) is 30.3 Å². The summed E-state index contributed by atoms with van der Waals surface area (Å²) in [7, 11) is 0. The minimum atomic E-state index is -0.336. The SMILES string of the molecule is O=C(CCNC(=O)c1cnoc1-c1ccccc1)Nc1ccncc1. The Labute approximate surface area is 144 Å². The van der Waals surface area contributed by atoms with Gasteiger partial charge in [-0.25, -0.2) is 0 Å². The number of benzene rings is 1. The molecule has 0 unspecified atom stereocenters. The van der Waals surface area contributed by atoms with Crippen LogP contribution in [0.5, 0.6) is 0 Å². The van der Waals surface area contributed by atoms with Crippen LogP contribution in [0, 0.1) is 0 Å². The molecule has 0 saturated carbocycles. The first-order valence-electron chi connectivity index (χ1n) is 7.72. The van der Waals surface area contributed by atoms with E-state index in [1.165, 1.54) is 6.20 Å². The average Bonchev–Trinajstić information content (AvgIpc) is 3.13. The van der Waals surface area contributed by atoms with Gasteiger partial charge in [-0.15, -0.1) is 0 Å². The first-order chi connectivity index (χ1) is 12.2. The van der Waals surface area contributed by atoms with Gasteiger partial charge in [0.1, 0.15) is 5.56 Å². The summed E-state index contributed by atoms with van der Waals surface area (Å²) in [5, 5.41) is 9.12. The lowest BCUT2D eigenvalue weighted by molar-refractivity contribution is -0.116. The van der Waals surface area contributed by atoms with Crippen LogP contribution in [-0.4, -0.2) is 28.5 Å². The van der Waals surface area contributed by atoms with Crippen molar-refractivity contribution in [3.8, 4) is 11.3 Å². The first-order valence-corrected chi connectivity index (χ1v) is 7.72. The highest BCUT2D eigenvalue weighted by Gasteiger charge is 2.17. The fraction of sp³-hybridized carbons (Fsp3) is 0.111. The normalized spacial score (nSPS) is 10.2. The number of aromatic nitrogens is 2. The number of anilines is 1. The largest absolute Gasteiger partial charge is 0.355 e. The molecule has 0 radical (unpaired) electrons. The van der Waals surface area contributed by atoms with E-state index < -0.39 is 0 Å². The molecule has 0 aliphatic rings. The van der Waals surface area contributed by atoms with Gasteiger partial charge in [-0.1, -0.05) is 35.5 Å². The van der Waals surface area contributed by atoms with E-state index in [-0.39, 0.29) is 24.8 Å². The summed E-state index contributed by atoms with van der Waals surface area (Å²) < 4.78 is 5.18. The minimum Gasteiger partial charge on any atom is -0.355 e. The Hall–Kier alpha value is -3.48. The van der Waals surface area contributed by atoms with E-state index in [1.54, 1.807) is 24.5 Å². The van der Waals surface area contributed by atoms with Gasteiger partial charge in [-0.3, -0.25) is 14.6 Å². The maximum Gasteiger partial charge on any atom is 0.256 e. The Morgan fingerprint density at radius 2 is 1.80 bits per heavy atom. The summed E-state index contributed by atoms with van der Waals surface area (Å²) in [5.41, 5.74) is 1.76. The van der Waals surface area contributed by atoms with Crippen LogP contribution in [-0.2, 0) is 4.79 Å². The smallest absolute Gasteiger partial charge is 0.256 e. The molecule has 3 aromatic rings. The molecule has 3 rings (SSSR count). The standard InChI is InChI=1S/C18H16N4O3/c23-16(22-14-6-9-19-10-7-14)8-11-20-18(24)15-12-21-25-17(15)13-4-2-1-3-5-13/h1-7,9-10,12H,8,11H2,(H,20,24)(H,19,22,23). The molecule has 0 bridgehead atoms. The highest BCUT2D eigenvalue weighted by molar-refractivity contribution is 5.99. The molecule has 7 nitrogen and oxygen atoms in total. The summed E-state index contributed by atoms with van der Waals surface area (Å²) >= 11 is 0. The van der Waals surface area contributed by atoms with Crippen molar-refractivity contribution < 1.29 is 14.1 Å². The van der Waals surface area contributed by atoms with Crippen molar-refractivity contribution in [1.82, 2.24) is 15.5 Å². The molecule has 0 spiro atoms. The van der Waals surface area contributed by atoms with Crippen LogP contribution in [0.2, 0.25) is 0 Å². The van der Waals surface area contributed by atoms with Crippen molar-refractivity contribution in [2.75, 3.05) is 11.9 Å². The summed E-state index contributed by atoms with van der Waals surface area (Å²) in [5.74, 6) is -0.128. The lowest BCUT2D eigenvalue weighted by Gasteiger charge is -2.06. The topological polar surface area (TPSA) is 97.1 Å². The molecule has 2 N–H and O–H groups in total. The fourth-order valence-corrected chi connectivity index (χ4v) is 2.24. The summed E-state index contributed by atoms with van der Waals surface area (Å²) in [4.78, 5) is 28.0. The van der Waals surface area contributed by atoms with Crippen LogP contribution >= 0.6 is 0 Å². The number of hydrogen-bond donors (Lipinski definition) is 2. The molecule has 25 heavy (non-hydrogen) atoms. The molecule has 0 atom stereocenters. The monoisotopic (exact) mass is 336 g/mol. The lowest BCUT2D eigenvalue weighted by atomic mass is 10.1. The van der Waals surface area contributed by atoms with E-state index >= 15 is 0 Å². The second-order valence-electron chi connectivity index (χ2n) is 5.22. The molecule has 0 fully saturated rings. The number of amides is 2. The predicted octanol–water partition coefficient (Wildman–Crippen LogP) is 2.50. The van der Waals surface area contributed by atoms with Crippen LogP contribution in [0.15, 0.2) is 65.6 Å². The fourth-order valence-electron chi connectivity index (χ4n) is 2.24. The van der Waals surface area contributed by atoms with Gasteiger partial charge in [0.15, 0.2) is 5.76 Å². The highest BCUT2D eigenvalue weighted by atomic mass is 16.5. The zero-order chi connectivity index (χ0) is 17.5. The van der Waals surface area contributed by atoms with E-state index in [9.17, 15) is 9.59 Å². The average molecular weight is 336 g/mol. The number of rotatable bonds is 6. The van der Waals surface area contributed by atoms with Crippen LogP contribution in [0.25, 0.3) is 11.3 Å². The third-order valence-electron chi connectivity index (χ3n) is 3.45. The Morgan fingerprint density at radius 3 is 2.56 bits per heavy atom. The molecule has 0 saturated heterocycles. The summed E-state index contributed by atoms with van der Waals surface area (Å²) in [6.07, 6.45) is 4.71. The Kier molecular flexibility index (Phi) is 5.16. The summed E-state index contributed by atoms with van der Waals surface area (Å²) in [6.45, 7) is 0.204. The van der Waals surface area contributed by atoms with Crippen molar-refractivity contribution in [2.24, 2.45) is 0 Å². The van der Waals surface area contributed by atoms with Crippen LogP contribution in [0.4, 0.5) is 5.69 Å². The molecule has 2 aromatic heterocycles. The Bertz CT molecular complexity index is 847. The molecule has 2 heterocycles. The van der Waals surface area contributed by atoms with Crippen molar-refractivity contribution in [1.29, 1.82) is 0 Å². The van der Waals surface area contributed by atoms with Crippen LogP contribution in [0.3, 0.4) is 0 Å². The molecule has 0 aliphatic heterocycles. The van der Waals surface area contributed by atoms with Gasteiger partial charge in [-0.2, -0.15) is 0 Å². The number of nitrogens with one attached hydrogen (secondary N) is 2. The molecule has 0 aliphatic carbocycles. The zero-order valence-electron chi connectivity index (χ0n) is 13.3. The quantitative estimate of drug-likeness (QED) is 0.721.